The molecule has 198 valence electrons. The van der Waals surface area contributed by atoms with Crippen LogP contribution in [0, 0.1) is 15.9 Å². The number of ether oxygens (including phenoxy) is 2. The van der Waals surface area contributed by atoms with E-state index in [0.29, 0.717) is 54.4 Å². The smallest absolute Gasteiger partial charge is 0.279 e. The van der Waals surface area contributed by atoms with E-state index in [2.05, 4.69) is 20.6 Å². The van der Waals surface area contributed by atoms with Crippen LogP contribution in [0.25, 0.3) is 11.3 Å². The summed E-state index contributed by atoms with van der Waals surface area (Å²) in [5.41, 5.74) is 1.87. The fourth-order valence-corrected chi connectivity index (χ4v) is 4.08. The number of hydrogen-bond donors (Lipinski definition) is 2. The molecule has 0 spiro atoms. The van der Waals surface area contributed by atoms with E-state index in [1.165, 1.54) is 36.5 Å². The van der Waals surface area contributed by atoms with Gasteiger partial charge in [0.25, 0.3) is 11.6 Å². The van der Waals surface area contributed by atoms with Crippen molar-refractivity contribution in [2.24, 2.45) is 0 Å². The van der Waals surface area contributed by atoms with Crippen molar-refractivity contribution in [3.05, 3.63) is 100.0 Å². The average molecular weight is 530 g/mol. The maximum absolute atomic E-state index is 13.7. The number of nitrogens with one attached hydrogen (secondary N) is 2. The van der Waals surface area contributed by atoms with Crippen molar-refractivity contribution < 1.29 is 23.6 Å². The zero-order valence-corrected chi connectivity index (χ0v) is 20.7. The number of benzene rings is 3. The Morgan fingerprint density at radius 1 is 1.05 bits per heavy atom. The van der Waals surface area contributed by atoms with Crippen molar-refractivity contribution >= 4 is 23.2 Å². The molecule has 3 heterocycles. The molecular weight excluding hydrogens is 505 g/mol. The average Bonchev–Trinajstić information content (AvgIpc) is 2.93. The minimum atomic E-state index is -0.537. The Morgan fingerprint density at radius 3 is 2.79 bits per heavy atom. The standard InChI is InChI=1S/C28H24FN5O5/c29-20-4-3-5-22(16-20)39-26-9-7-21-14-19(26)17-38-13-2-1-11-30-27(35)18-6-8-23(25(15-18)34(36)37)24-10-12-31-28(32-21)33-24/h3-10,12,14-16H,1-2,11,13,17H2,(H,30,35)(H,31,32,33). The zero-order chi connectivity index (χ0) is 27.2. The number of carbonyl (C=O) groups is 1. The quantitative estimate of drug-likeness (QED) is 0.253. The highest BCUT2D eigenvalue weighted by atomic mass is 19.1. The number of aromatic nitrogens is 2. The van der Waals surface area contributed by atoms with Gasteiger partial charge in [0.2, 0.25) is 5.95 Å². The fraction of sp³-hybridized carbons (Fsp3) is 0.179. The van der Waals surface area contributed by atoms with Gasteiger partial charge in [0, 0.05) is 48.3 Å². The molecule has 0 atom stereocenters. The molecule has 1 amide bonds. The van der Waals surface area contributed by atoms with Crippen LogP contribution in [0.5, 0.6) is 11.5 Å². The predicted octanol–water partition coefficient (Wildman–Crippen LogP) is 5.77. The van der Waals surface area contributed by atoms with Crippen LogP contribution >= 0.6 is 0 Å². The Hall–Kier alpha value is -4.90. The second-order valence-corrected chi connectivity index (χ2v) is 8.78. The maximum atomic E-state index is 13.7. The highest BCUT2D eigenvalue weighted by Gasteiger charge is 2.20. The Labute approximate surface area is 223 Å². The highest BCUT2D eigenvalue weighted by Crippen LogP contribution is 2.32. The largest absolute Gasteiger partial charge is 0.457 e. The van der Waals surface area contributed by atoms with Gasteiger partial charge in [-0.1, -0.05) is 6.07 Å². The van der Waals surface area contributed by atoms with Gasteiger partial charge in [0.1, 0.15) is 17.3 Å². The molecule has 2 aliphatic heterocycles. The van der Waals surface area contributed by atoms with Crippen LogP contribution in [0.3, 0.4) is 0 Å². The summed E-state index contributed by atoms with van der Waals surface area (Å²) in [6.45, 7) is 1.04. The van der Waals surface area contributed by atoms with Crippen LogP contribution in [-0.2, 0) is 11.3 Å². The number of nitro benzene ring substituents is 1. The van der Waals surface area contributed by atoms with Gasteiger partial charge in [0.15, 0.2) is 0 Å². The molecule has 2 aliphatic rings. The van der Waals surface area contributed by atoms with Crippen LogP contribution < -0.4 is 15.4 Å². The number of anilines is 2. The first kappa shape index (κ1) is 25.7. The molecule has 1 aromatic heterocycles. The normalized spacial score (nSPS) is 13.8. The Morgan fingerprint density at radius 2 is 1.95 bits per heavy atom. The minimum Gasteiger partial charge on any atom is -0.457 e. The van der Waals surface area contributed by atoms with Crippen molar-refractivity contribution in [1.82, 2.24) is 15.3 Å². The van der Waals surface area contributed by atoms with Gasteiger partial charge in [-0.15, -0.1) is 0 Å². The molecule has 0 saturated heterocycles. The van der Waals surface area contributed by atoms with Gasteiger partial charge in [-0.2, -0.15) is 0 Å². The Balaban J connectivity index is 1.50. The van der Waals surface area contributed by atoms with Gasteiger partial charge in [-0.3, -0.25) is 14.9 Å². The molecule has 3 aromatic carbocycles. The zero-order valence-electron chi connectivity index (χ0n) is 20.7. The number of hydrogen-bond acceptors (Lipinski definition) is 8. The molecule has 0 aliphatic carbocycles. The lowest BCUT2D eigenvalue weighted by molar-refractivity contribution is -0.384. The number of nitro groups is 1. The van der Waals surface area contributed by atoms with Crippen LogP contribution in [-0.4, -0.2) is 34.0 Å². The summed E-state index contributed by atoms with van der Waals surface area (Å²) >= 11 is 0. The van der Waals surface area contributed by atoms with E-state index < -0.39 is 16.6 Å². The van der Waals surface area contributed by atoms with Gasteiger partial charge in [-0.25, -0.2) is 14.4 Å². The molecule has 0 unspecified atom stereocenters. The summed E-state index contributed by atoms with van der Waals surface area (Å²) in [4.78, 5) is 32.6. The van der Waals surface area contributed by atoms with E-state index in [1.54, 1.807) is 30.3 Å². The van der Waals surface area contributed by atoms with Crippen molar-refractivity contribution in [2.45, 2.75) is 19.4 Å². The molecule has 6 rings (SSSR count). The lowest BCUT2D eigenvalue weighted by atomic mass is 10.1. The lowest BCUT2D eigenvalue weighted by Crippen LogP contribution is -2.24. The van der Waals surface area contributed by atoms with Crippen molar-refractivity contribution in [1.29, 1.82) is 0 Å². The molecule has 39 heavy (non-hydrogen) atoms. The van der Waals surface area contributed by atoms with E-state index in [4.69, 9.17) is 9.47 Å². The topological polar surface area (TPSA) is 129 Å². The predicted molar refractivity (Wildman–Crippen MR) is 142 cm³/mol. The van der Waals surface area contributed by atoms with Crippen molar-refractivity contribution in [3.63, 3.8) is 0 Å². The summed E-state index contributed by atoms with van der Waals surface area (Å²) in [5.74, 6) is 0.249. The summed E-state index contributed by atoms with van der Waals surface area (Å²) in [6.07, 6.45) is 2.82. The van der Waals surface area contributed by atoms with Crippen molar-refractivity contribution in [3.8, 4) is 22.8 Å². The molecular formula is C28H24FN5O5. The summed E-state index contributed by atoms with van der Waals surface area (Å²) in [6, 6.07) is 17.0. The summed E-state index contributed by atoms with van der Waals surface area (Å²) in [5, 5.41) is 17.7. The van der Waals surface area contributed by atoms with Gasteiger partial charge in [-0.05, 0) is 61.4 Å². The first-order valence-electron chi connectivity index (χ1n) is 12.3. The maximum Gasteiger partial charge on any atom is 0.279 e. The van der Waals surface area contributed by atoms with Gasteiger partial charge >= 0.3 is 0 Å². The third-order valence-corrected chi connectivity index (χ3v) is 5.99. The lowest BCUT2D eigenvalue weighted by Gasteiger charge is -2.14. The van der Waals surface area contributed by atoms with Crippen LogP contribution in [0.15, 0.2) is 72.9 Å². The number of halogens is 1. The SMILES string of the molecule is O=C1NCCCCOCc2cc(ccc2Oc2cccc(F)c2)Nc2nccc(n2)-c2ccc1cc2[N+](=O)[O-]. The number of rotatable bonds is 3. The third kappa shape index (κ3) is 6.33. The Bertz CT molecular complexity index is 1530. The van der Waals surface area contributed by atoms with E-state index in [9.17, 15) is 19.3 Å². The van der Waals surface area contributed by atoms with E-state index in [1.807, 2.05) is 6.07 Å². The van der Waals surface area contributed by atoms with E-state index >= 15 is 0 Å². The van der Waals surface area contributed by atoms with E-state index in [-0.39, 0.29) is 29.4 Å². The monoisotopic (exact) mass is 529 g/mol. The van der Waals surface area contributed by atoms with E-state index in [0.717, 1.165) is 0 Å². The second-order valence-electron chi connectivity index (χ2n) is 8.78. The van der Waals surface area contributed by atoms with Crippen LogP contribution in [0.2, 0.25) is 0 Å². The number of nitrogens with zero attached hydrogens (tertiary/aromatic N) is 3. The van der Waals surface area contributed by atoms with Crippen LogP contribution in [0.4, 0.5) is 21.7 Å². The molecule has 0 saturated carbocycles. The summed E-state index contributed by atoms with van der Waals surface area (Å²) in [7, 11) is 0. The highest BCUT2D eigenvalue weighted by molar-refractivity contribution is 5.96. The number of amides is 1. The molecule has 0 radical (unpaired) electrons. The first-order chi connectivity index (χ1) is 19.0. The molecule has 6 bridgehead atoms. The minimum absolute atomic E-state index is 0.189. The van der Waals surface area contributed by atoms with Gasteiger partial charge in [0.05, 0.1) is 22.8 Å². The molecule has 4 aromatic rings. The second kappa shape index (κ2) is 11.7. The molecule has 0 fully saturated rings. The van der Waals surface area contributed by atoms with Crippen LogP contribution in [0.1, 0.15) is 28.8 Å². The fourth-order valence-electron chi connectivity index (χ4n) is 4.08. The first-order valence-corrected chi connectivity index (χ1v) is 12.3. The Kier molecular flexibility index (Phi) is 7.69. The molecule has 11 heteroatoms. The van der Waals surface area contributed by atoms with Gasteiger partial charge < -0.3 is 20.1 Å². The van der Waals surface area contributed by atoms with Crippen molar-refractivity contribution in [2.75, 3.05) is 18.5 Å². The number of carbonyl (C=O) groups excluding carboxylic acids is 1. The molecule has 10 nitrogen and oxygen atoms in total. The summed E-state index contributed by atoms with van der Waals surface area (Å²) < 4.78 is 25.5. The molecule has 2 N–H and O–H groups in total. The number of fused-ring (bicyclic) bond motifs is 9. The third-order valence-electron chi connectivity index (χ3n) is 5.99.